The Bertz CT molecular complexity index is 573. The lowest BCUT2D eigenvalue weighted by atomic mass is 9.97. The number of carbonyl (C=O) groups is 1. The number of aliphatic hydroxyl groups is 4. The van der Waals surface area contributed by atoms with Gasteiger partial charge in [-0.05, 0) is 12.8 Å². The average molecular weight is 471 g/mol. The highest BCUT2D eigenvalue weighted by molar-refractivity contribution is 5.88. The second-order valence-electron chi connectivity index (χ2n) is 8.94. The lowest BCUT2D eigenvalue weighted by Gasteiger charge is -2.40. The Morgan fingerprint density at radius 3 is 2.03 bits per heavy atom. The molecule has 1 saturated heterocycles. The number of hydrogen-bond donors (Lipinski definition) is 5. The van der Waals surface area contributed by atoms with E-state index >= 15 is 0 Å². The van der Waals surface area contributed by atoms with E-state index in [4.69, 9.17) is 11.2 Å². The van der Waals surface area contributed by atoms with Gasteiger partial charge in [0, 0.05) is 7.45 Å². The quantitative estimate of drug-likeness (QED) is 0.119. The van der Waals surface area contributed by atoms with Gasteiger partial charge in [-0.25, -0.2) is 0 Å². The van der Waals surface area contributed by atoms with Crippen LogP contribution in [0.25, 0.3) is 0 Å². The predicted octanol–water partition coefficient (Wildman–Crippen LogP) is 3.50. The molecule has 0 radical (unpaired) electrons. The second kappa shape index (κ2) is 19.1. The molecule has 1 aliphatic rings. The summed E-state index contributed by atoms with van der Waals surface area (Å²) in [7, 11) is 0. The zero-order valence-electron chi connectivity index (χ0n) is 21.1. The molecule has 7 nitrogen and oxygen atoms in total. The van der Waals surface area contributed by atoms with Gasteiger partial charge in [0.05, 0.1) is 6.61 Å². The standard InChI is InChI=1S/C26H47NO6/c1-2-3-4-5-6-7-8-9-10-11-12-13-14-15-16-17-18-19-22(29)27-23-25(31)24(30)21(20-28)33-26(23)32/h16-19,21,23-26,28,30-32H,2-15,20H2,1H3,(H,27,29)/t21-,23-,24-,25-,26?/m1/s1/i1D. The van der Waals surface area contributed by atoms with Crippen molar-refractivity contribution in [1.82, 2.24) is 5.32 Å². The van der Waals surface area contributed by atoms with E-state index in [1.54, 1.807) is 12.2 Å². The van der Waals surface area contributed by atoms with Crippen molar-refractivity contribution < 1.29 is 31.3 Å². The maximum absolute atomic E-state index is 12.0. The molecule has 0 spiro atoms. The molecule has 0 aromatic carbocycles. The van der Waals surface area contributed by atoms with E-state index in [-0.39, 0.29) is 0 Å². The number of allylic oxidation sites excluding steroid dienone is 3. The summed E-state index contributed by atoms with van der Waals surface area (Å²) in [5, 5.41) is 41.2. The summed E-state index contributed by atoms with van der Waals surface area (Å²) in [6.07, 6.45) is 18.7. The molecule has 192 valence electrons. The SMILES string of the molecule is [2H]CCCCCCCCCCCCCCCC=CC=CC(=O)N[C@H]1C(O)O[C@H](CO)[C@@H](O)[C@@H]1O. The van der Waals surface area contributed by atoms with E-state index in [1.807, 2.05) is 6.08 Å². The summed E-state index contributed by atoms with van der Waals surface area (Å²) in [6, 6.07) is -1.18. The number of ether oxygens (including phenoxy) is 1. The van der Waals surface area contributed by atoms with Crippen molar-refractivity contribution in [3.05, 3.63) is 24.3 Å². The van der Waals surface area contributed by atoms with E-state index in [1.165, 1.54) is 76.7 Å². The van der Waals surface area contributed by atoms with Gasteiger partial charge in [-0.2, -0.15) is 0 Å². The molecule has 0 aromatic heterocycles. The minimum absolute atomic E-state index is 0.518. The molecule has 1 unspecified atom stereocenters. The van der Waals surface area contributed by atoms with E-state index in [9.17, 15) is 20.1 Å². The first kappa shape index (κ1) is 28.0. The number of amides is 1. The van der Waals surface area contributed by atoms with Gasteiger partial charge < -0.3 is 30.5 Å². The zero-order chi connectivity index (χ0) is 25.0. The number of hydrogen-bond acceptors (Lipinski definition) is 6. The first-order chi connectivity index (χ1) is 16.5. The smallest absolute Gasteiger partial charge is 0.244 e. The van der Waals surface area contributed by atoms with Crippen LogP contribution >= 0.6 is 0 Å². The molecule has 5 N–H and O–H groups in total. The Hall–Kier alpha value is -1.25. The van der Waals surface area contributed by atoms with Crippen molar-refractivity contribution in [3.63, 3.8) is 0 Å². The van der Waals surface area contributed by atoms with Gasteiger partial charge in [0.15, 0.2) is 6.29 Å². The summed E-state index contributed by atoms with van der Waals surface area (Å²) in [4.78, 5) is 12.0. The molecular formula is C26H47NO6. The van der Waals surface area contributed by atoms with Gasteiger partial charge in [-0.15, -0.1) is 0 Å². The van der Waals surface area contributed by atoms with E-state index < -0.39 is 43.2 Å². The molecule has 0 saturated carbocycles. The number of carbonyl (C=O) groups excluding carboxylic acids is 1. The van der Waals surface area contributed by atoms with Gasteiger partial charge in [0.1, 0.15) is 24.4 Å². The molecular weight excluding hydrogens is 422 g/mol. The summed E-state index contributed by atoms with van der Waals surface area (Å²) in [5.74, 6) is -0.518. The number of unbranched alkanes of at least 4 members (excludes halogenated alkanes) is 13. The molecule has 1 fully saturated rings. The molecule has 33 heavy (non-hydrogen) atoms. The fraction of sp³-hybridized carbons (Fsp3) is 0.808. The Morgan fingerprint density at radius 1 is 0.879 bits per heavy atom. The second-order valence-corrected chi connectivity index (χ2v) is 8.94. The molecule has 7 heteroatoms. The van der Waals surface area contributed by atoms with Crippen LogP contribution < -0.4 is 5.32 Å². The monoisotopic (exact) mass is 470 g/mol. The highest BCUT2D eigenvalue weighted by Crippen LogP contribution is 2.19. The van der Waals surface area contributed by atoms with E-state index in [0.29, 0.717) is 6.90 Å². The summed E-state index contributed by atoms with van der Waals surface area (Å²) >= 11 is 0. The molecule has 0 bridgehead atoms. The predicted molar refractivity (Wildman–Crippen MR) is 131 cm³/mol. The van der Waals surface area contributed by atoms with Crippen molar-refractivity contribution in [1.29, 1.82) is 0 Å². The van der Waals surface area contributed by atoms with Gasteiger partial charge >= 0.3 is 0 Å². The molecule has 1 rings (SSSR count). The van der Waals surface area contributed by atoms with Crippen molar-refractivity contribution in [3.8, 4) is 0 Å². The minimum atomic E-state index is -1.52. The summed E-state index contributed by atoms with van der Waals surface area (Å²) in [6.45, 7) is 0.0265. The van der Waals surface area contributed by atoms with Gasteiger partial charge in [-0.1, -0.05) is 102 Å². The highest BCUT2D eigenvalue weighted by Gasteiger charge is 2.44. The number of aliphatic hydroxyl groups excluding tert-OH is 4. The van der Waals surface area contributed by atoms with Gasteiger partial charge in [0.2, 0.25) is 5.91 Å². The van der Waals surface area contributed by atoms with Crippen LogP contribution in [-0.2, 0) is 9.53 Å². The van der Waals surface area contributed by atoms with Crippen LogP contribution in [0.4, 0.5) is 0 Å². The van der Waals surface area contributed by atoms with Crippen LogP contribution in [0.1, 0.15) is 98.2 Å². The van der Waals surface area contributed by atoms with Crippen LogP contribution in [0.5, 0.6) is 0 Å². The van der Waals surface area contributed by atoms with Gasteiger partial charge in [0.25, 0.3) is 0 Å². The Balaban J connectivity index is 2.00. The maximum atomic E-state index is 12.0. The van der Waals surface area contributed by atoms with Crippen molar-refractivity contribution in [2.45, 2.75) is 127 Å². The Kier molecular flexibility index (Phi) is 16.2. The topological polar surface area (TPSA) is 119 Å². The Morgan fingerprint density at radius 2 is 1.45 bits per heavy atom. The third kappa shape index (κ3) is 13.3. The molecule has 0 aliphatic carbocycles. The average Bonchev–Trinajstić information content (AvgIpc) is 2.83. The van der Waals surface area contributed by atoms with Crippen molar-refractivity contribution in [2.75, 3.05) is 6.61 Å². The third-order valence-corrected chi connectivity index (χ3v) is 6.07. The highest BCUT2D eigenvalue weighted by atomic mass is 16.6. The van der Waals surface area contributed by atoms with Crippen LogP contribution in [-0.4, -0.2) is 63.6 Å². The van der Waals surface area contributed by atoms with Crippen LogP contribution in [0.2, 0.25) is 0 Å². The van der Waals surface area contributed by atoms with Gasteiger partial charge in [-0.3, -0.25) is 4.79 Å². The third-order valence-electron chi connectivity index (χ3n) is 6.07. The summed E-state index contributed by atoms with van der Waals surface area (Å²) in [5.41, 5.74) is 0. The van der Waals surface area contributed by atoms with E-state index in [2.05, 4.69) is 5.32 Å². The Labute approximate surface area is 201 Å². The zero-order valence-corrected chi connectivity index (χ0v) is 20.1. The first-order valence-corrected chi connectivity index (χ1v) is 12.7. The summed E-state index contributed by atoms with van der Waals surface area (Å²) < 4.78 is 12.1. The molecule has 1 amide bonds. The number of nitrogens with one attached hydrogen (secondary N) is 1. The van der Waals surface area contributed by atoms with Crippen LogP contribution in [0.15, 0.2) is 24.3 Å². The van der Waals surface area contributed by atoms with E-state index in [0.717, 1.165) is 19.3 Å². The normalized spacial score (nSPS) is 26.2. The largest absolute Gasteiger partial charge is 0.394 e. The fourth-order valence-electron chi connectivity index (χ4n) is 3.99. The minimum Gasteiger partial charge on any atom is -0.394 e. The molecule has 1 heterocycles. The maximum Gasteiger partial charge on any atom is 0.244 e. The lowest BCUT2D eigenvalue weighted by Crippen LogP contribution is -2.64. The van der Waals surface area contributed by atoms with Crippen molar-refractivity contribution in [2.24, 2.45) is 0 Å². The number of rotatable bonds is 18. The van der Waals surface area contributed by atoms with Crippen LogP contribution in [0.3, 0.4) is 0 Å². The lowest BCUT2D eigenvalue weighted by molar-refractivity contribution is -0.253. The first-order valence-electron chi connectivity index (χ1n) is 13.5. The molecule has 1 aliphatic heterocycles. The van der Waals surface area contributed by atoms with Crippen LogP contribution in [0, 0.1) is 0 Å². The molecule has 0 aromatic rings. The fourth-order valence-corrected chi connectivity index (χ4v) is 3.99. The molecule has 5 atom stereocenters. The van der Waals surface area contributed by atoms with Crippen molar-refractivity contribution >= 4 is 5.91 Å².